The average molecular weight is 478 g/mol. The van der Waals surface area contributed by atoms with E-state index >= 15 is 0 Å². The van der Waals surface area contributed by atoms with E-state index in [2.05, 4.69) is 10.5 Å². The molecule has 0 saturated carbocycles. The van der Waals surface area contributed by atoms with Gasteiger partial charge in [-0.3, -0.25) is 4.79 Å². The number of carbonyl (C=O) groups excluding carboxylic acids is 1. The van der Waals surface area contributed by atoms with Gasteiger partial charge < -0.3 is 19.3 Å². The molecule has 1 aromatic heterocycles. The summed E-state index contributed by atoms with van der Waals surface area (Å²) in [7, 11) is -4.10. The standard InChI is InChI=1S/C21H20ClN3O6S/c1-14-10-20(24-31-14)23-21(26)13-25(12-15-4-2-3-5-17(15)22)32(27,28)16-6-7-18-19(11-16)30-9-8-29-18/h2-7,10-11H,8-9,12-13H2,1H3,(H,23,24,26). The van der Waals surface area contributed by atoms with Gasteiger partial charge in [-0.25, -0.2) is 8.42 Å². The van der Waals surface area contributed by atoms with E-state index in [1.165, 1.54) is 24.3 Å². The van der Waals surface area contributed by atoms with Gasteiger partial charge in [0.25, 0.3) is 0 Å². The Hall–Kier alpha value is -3.08. The van der Waals surface area contributed by atoms with Crippen LogP contribution in [-0.4, -0.2) is 43.5 Å². The average Bonchev–Trinajstić information content (AvgIpc) is 3.18. The Morgan fingerprint density at radius 1 is 1.12 bits per heavy atom. The number of aryl methyl sites for hydroxylation is 1. The maximum Gasteiger partial charge on any atom is 0.243 e. The van der Waals surface area contributed by atoms with Crippen LogP contribution in [-0.2, 0) is 21.4 Å². The van der Waals surface area contributed by atoms with E-state index in [0.717, 1.165) is 4.31 Å². The van der Waals surface area contributed by atoms with E-state index in [1.807, 2.05) is 0 Å². The van der Waals surface area contributed by atoms with Crippen molar-refractivity contribution in [2.45, 2.75) is 18.4 Å². The van der Waals surface area contributed by atoms with Crippen molar-refractivity contribution in [3.8, 4) is 11.5 Å². The van der Waals surface area contributed by atoms with Crippen LogP contribution in [0.25, 0.3) is 0 Å². The molecular formula is C21H20ClN3O6S. The van der Waals surface area contributed by atoms with Gasteiger partial charge in [-0.05, 0) is 30.7 Å². The second-order valence-electron chi connectivity index (χ2n) is 7.04. The quantitative estimate of drug-likeness (QED) is 0.556. The molecule has 0 aliphatic carbocycles. The lowest BCUT2D eigenvalue weighted by Gasteiger charge is -2.24. The summed E-state index contributed by atoms with van der Waals surface area (Å²) in [4.78, 5) is 12.6. The number of halogens is 1. The SMILES string of the molecule is Cc1cc(NC(=O)CN(Cc2ccccc2Cl)S(=O)(=O)c2ccc3c(c2)OCCO3)no1. The van der Waals surface area contributed by atoms with Crippen LogP contribution in [0.3, 0.4) is 0 Å². The summed E-state index contributed by atoms with van der Waals surface area (Å²) in [5.41, 5.74) is 0.556. The summed E-state index contributed by atoms with van der Waals surface area (Å²) in [6.07, 6.45) is 0. The number of aromatic nitrogens is 1. The third kappa shape index (κ3) is 4.87. The van der Waals surface area contributed by atoms with Crippen LogP contribution < -0.4 is 14.8 Å². The highest BCUT2D eigenvalue weighted by molar-refractivity contribution is 7.89. The largest absolute Gasteiger partial charge is 0.486 e. The molecular weight excluding hydrogens is 458 g/mol. The molecule has 0 radical (unpaired) electrons. The zero-order valence-corrected chi connectivity index (χ0v) is 18.6. The molecule has 0 spiro atoms. The van der Waals surface area contributed by atoms with Gasteiger partial charge in [0.2, 0.25) is 15.9 Å². The highest BCUT2D eigenvalue weighted by Crippen LogP contribution is 2.33. The monoisotopic (exact) mass is 477 g/mol. The topological polar surface area (TPSA) is 111 Å². The molecule has 1 N–H and O–H groups in total. The van der Waals surface area contributed by atoms with Crippen molar-refractivity contribution in [1.29, 1.82) is 0 Å². The maximum absolute atomic E-state index is 13.5. The van der Waals surface area contributed by atoms with Crippen LogP contribution in [0, 0.1) is 6.92 Å². The highest BCUT2D eigenvalue weighted by Gasteiger charge is 2.29. The van der Waals surface area contributed by atoms with Gasteiger partial charge >= 0.3 is 0 Å². The minimum absolute atomic E-state index is 0.0288. The van der Waals surface area contributed by atoms with Gasteiger partial charge in [-0.2, -0.15) is 4.31 Å². The molecule has 1 amide bonds. The van der Waals surface area contributed by atoms with Crippen LogP contribution >= 0.6 is 11.6 Å². The maximum atomic E-state index is 13.5. The first kappa shape index (κ1) is 22.1. The molecule has 168 valence electrons. The van der Waals surface area contributed by atoms with Gasteiger partial charge in [-0.1, -0.05) is 35.0 Å². The Morgan fingerprint density at radius 3 is 2.59 bits per heavy atom. The molecule has 1 aliphatic heterocycles. The van der Waals surface area contributed by atoms with Crippen molar-refractivity contribution < 1.29 is 27.2 Å². The molecule has 0 atom stereocenters. The summed E-state index contributed by atoms with van der Waals surface area (Å²) < 4.78 is 43.9. The number of amides is 1. The van der Waals surface area contributed by atoms with E-state index in [0.29, 0.717) is 41.1 Å². The molecule has 3 aromatic rings. The number of rotatable bonds is 7. The van der Waals surface area contributed by atoms with Crippen molar-refractivity contribution in [3.63, 3.8) is 0 Å². The predicted octanol–water partition coefficient (Wildman–Crippen LogP) is 3.24. The van der Waals surface area contributed by atoms with E-state index in [4.69, 9.17) is 25.6 Å². The van der Waals surface area contributed by atoms with Crippen LogP contribution in [0.5, 0.6) is 11.5 Å². The number of hydrogen-bond acceptors (Lipinski definition) is 7. The molecule has 1 aliphatic rings. The zero-order valence-electron chi connectivity index (χ0n) is 17.1. The fourth-order valence-corrected chi connectivity index (χ4v) is 4.73. The Kier molecular flexibility index (Phi) is 6.35. The molecule has 0 saturated heterocycles. The third-order valence-electron chi connectivity index (χ3n) is 4.67. The fourth-order valence-electron chi connectivity index (χ4n) is 3.14. The van der Waals surface area contributed by atoms with E-state index in [1.54, 1.807) is 31.2 Å². The Balaban J connectivity index is 1.64. The second kappa shape index (κ2) is 9.19. The number of nitrogens with zero attached hydrogens (tertiary/aromatic N) is 2. The number of nitrogens with one attached hydrogen (secondary N) is 1. The van der Waals surface area contributed by atoms with Crippen molar-refractivity contribution >= 4 is 33.3 Å². The third-order valence-corrected chi connectivity index (χ3v) is 6.83. The van der Waals surface area contributed by atoms with Crippen LogP contribution in [0.15, 0.2) is 57.9 Å². The van der Waals surface area contributed by atoms with Crippen LogP contribution in [0.4, 0.5) is 5.82 Å². The van der Waals surface area contributed by atoms with E-state index in [-0.39, 0.29) is 17.3 Å². The molecule has 32 heavy (non-hydrogen) atoms. The van der Waals surface area contributed by atoms with E-state index in [9.17, 15) is 13.2 Å². The van der Waals surface area contributed by atoms with Gasteiger partial charge in [0, 0.05) is 23.7 Å². The van der Waals surface area contributed by atoms with E-state index < -0.39 is 22.5 Å². The molecule has 0 fully saturated rings. The first-order valence-electron chi connectivity index (χ1n) is 9.69. The lowest BCUT2D eigenvalue weighted by molar-refractivity contribution is -0.116. The minimum atomic E-state index is -4.10. The number of sulfonamides is 1. The summed E-state index contributed by atoms with van der Waals surface area (Å²) in [6.45, 7) is 1.81. The second-order valence-corrected chi connectivity index (χ2v) is 9.39. The summed E-state index contributed by atoms with van der Waals surface area (Å²) in [5.74, 6) is 0.926. The molecule has 0 bridgehead atoms. The van der Waals surface area contributed by atoms with Crippen LogP contribution in [0.2, 0.25) is 5.02 Å². The number of anilines is 1. The lowest BCUT2D eigenvalue weighted by atomic mass is 10.2. The number of hydrogen-bond donors (Lipinski definition) is 1. The van der Waals surface area contributed by atoms with Gasteiger partial charge in [-0.15, -0.1) is 0 Å². The normalized spacial score (nSPS) is 13.2. The minimum Gasteiger partial charge on any atom is -0.486 e. The number of ether oxygens (including phenoxy) is 2. The van der Waals surface area contributed by atoms with Crippen molar-refractivity contribution in [3.05, 3.63) is 64.9 Å². The smallest absolute Gasteiger partial charge is 0.243 e. The number of carbonyl (C=O) groups is 1. The van der Waals surface area contributed by atoms with Crippen molar-refractivity contribution in [2.75, 3.05) is 25.1 Å². The number of fused-ring (bicyclic) bond motifs is 1. The molecule has 2 aromatic carbocycles. The van der Waals surface area contributed by atoms with Crippen molar-refractivity contribution in [1.82, 2.24) is 9.46 Å². The first-order chi connectivity index (χ1) is 15.3. The molecule has 9 nitrogen and oxygen atoms in total. The highest BCUT2D eigenvalue weighted by atomic mass is 35.5. The summed E-state index contributed by atoms with van der Waals surface area (Å²) in [5, 5.41) is 6.63. The Bertz CT molecular complexity index is 1240. The first-order valence-corrected chi connectivity index (χ1v) is 11.5. The van der Waals surface area contributed by atoms with Gasteiger partial charge in [0.15, 0.2) is 17.3 Å². The van der Waals surface area contributed by atoms with Gasteiger partial charge in [0.05, 0.1) is 11.4 Å². The molecule has 2 heterocycles. The fraction of sp³-hybridized carbons (Fsp3) is 0.238. The Morgan fingerprint density at radius 2 is 1.88 bits per heavy atom. The van der Waals surface area contributed by atoms with Gasteiger partial charge in [0.1, 0.15) is 19.0 Å². The molecule has 0 unspecified atom stereocenters. The summed E-state index contributed by atoms with van der Waals surface area (Å²) >= 11 is 6.25. The summed E-state index contributed by atoms with van der Waals surface area (Å²) in [6, 6.07) is 12.7. The molecule has 4 rings (SSSR count). The Labute approximate surface area is 189 Å². The van der Waals surface area contributed by atoms with Crippen LogP contribution in [0.1, 0.15) is 11.3 Å². The van der Waals surface area contributed by atoms with Crippen molar-refractivity contribution in [2.24, 2.45) is 0 Å². The lowest BCUT2D eigenvalue weighted by Crippen LogP contribution is -2.37. The number of benzene rings is 2. The zero-order chi connectivity index (χ0) is 22.7. The molecule has 11 heteroatoms. The predicted molar refractivity (Wildman–Crippen MR) is 116 cm³/mol.